The summed E-state index contributed by atoms with van der Waals surface area (Å²) in [6.07, 6.45) is 0. The second-order valence-corrected chi connectivity index (χ2v) is 8.28. The van der Waals surface area contributed by atoms with Crippen LogP contribution in [0.2, 0.25) is 0 Å². The van der Waals surface area contributed by atoms with Gasteiger partial charge in [-0.25, -0.2) is 4.79 Å². The number of nitrogens with one attached hydrogen (secondary N) is 2. The third-order valence-electron chi connectivity index (χ3n) is 3.83. The zero-order chi connectivity index (χ0) is 20.9. The lowest BCUT2D eigenvalue weighted by molar-refractivity contribution is -0.123. The number of hydrogen-bond acceptors (Lipinski definition) is 4. The lowest BCUT2D eigenvalue weighted by Crippen LogP contribution is -2.27. The summed E-state index contributed by atoms with van der Waals surface area (Å²) in [6, 6.07) is 11.9. The fourth-order valence-electron chi connectivity index (χ4n) is 2.21. The van der Waals surface area contributed by atoms with E-state index in [0.29, 0.717) is 11.4 Å². The number of amides is 2. The second kappa shape index (κ2) is 9.01. The van der Waals surface area contributed by atoms with Crippen molar-refractivity contribution in [2.24, 2.45) is 5.41 Å². The van der Waals surface area contributed by atoms with Gasteiger partial charge in [0.15, 0.2) is 6.61 Å². The molecule has 0 radical (unpaired) electrons. The lowest BCUT2D eigenvalue weighted by atomic mass is 9.95. The molecule has 0 fully saturated rings. The van der Waals surface area contributed by atoms with Crippen LogP contribution in [0.1, 0.15) is 36.7 Å². The van der Waals surface area contributed by atoms with Gasteiger partial charge in [0, 0.05) is 21.3 Å². The number of esters is 1. The third kappa shape index (κ3) is 6.20. The summed E-state index contributed by atoms with van der Waals surface area (Å²) in [5.74, 6) is -1.24. The van der Waals surface area contributed by atoms with Crippen molar-refractivity contribution in [3.05, 3.63) is 58.1 Å². The molecular weight excluding hydrogens is 424 g/mol. The van der Waals surface area contributed by atoms with Crippen molar-refractivity contribution in [3.63, 3.8) is 0 Å². The van der Waals surface area contributed by atoms with E-state index in [1.165, 1.54) is 6.07 Å². The Hall–Kier alpha value is -2.67. The van der Waals surface area contributed by atoms with Gasteiger partial charge in [0.2, 0.25) is 5.91 Å². The minimum atomic E-state index is -0.644. The average molecular weight is 447 g/mol. The molecule has 0 aliphatic carbocycles. The summed E-state index contributed by atoms with van der Waals surface area (Å²) >= 11 is 3.36. The van der Waals surface area contributed by atoms with Crippen LogP contribution in [0.15, 0.2) is 46.9 Å². The molecule has 28 heavy (non-hydrogen) atoms. The maximum absolute atomic E-state index is 12.2. The number of aryl methyl sites for hydroxylation is 1. The van der Waals surface area contributed by atoms with Gasteiger partial charge >= 0.3 is 5.97 Å². The molecule has 0 bridgehead atoms. The standard InChI is InChI=1S/C21H23BrN2O4/c1-13-10-15(22)8-9-17(13)24-18(25)12-28-19(26)14-6-5-7-16(11-14)23-20(27)21(2,3)4/h5-11H,12H2,1-4H3,(H,23,27)(H,24,25). The van der Waals surface area contributed by atoms with Crippen molar-refractivity contribution in [3.8, 4) is 0 Å². The molecule has 2 N–H and O–H groups in total. The van der Waals surface area contributed by atoms with Crippen molar-refractivity contribution >= 4 is 45.1 Å². The van der Waals surface area contributed by atoms with Crippen LogP contribution in [0.25, 0.3) is 0 Å². The number of anilines is 2. The summed E-state index contributed by atoms with van der Waals surface area (Å²) in [5.41, 5.74) is 1.72. The lowest BCUT2D eigenvalue weighted by Gasteiger charge is -2.17. The third-order valence-corrected chi connectivity index (χ3v) is 4.33. The molecule has 0 spiro atoms. The molecule has 2 aromatic carbocycles. The van der Waals surface area contributed by atoms with E-state index in [4.69, 9.17) is 4.74 Å². The van der Waals surface area contributed by atoms with Crippen molar-refractivity contribution in [2.45, 2.75) is 27.7 Å². The van der Waals surface area contributed by atoms with Crippen LogP contribution in [0, 0.1) is 12.3 Å². The highest BCUT2D eigenvalue weighted by Crippen LogP contribution is 2.20. The van der Waals surface area contributed by atoms with Gasteiger partial charge in [-0.15, -0.1) is 0 Å². The summed E-state index contributed by atoms with van der Waals surface area (Å²) < 4.78 is 5.99. The van der Waals surface area contributed by atoms with E-state index in [-0.39, 0.29) is 11.5 Å². The van der Waals surface area contributed by atoms with Gasteiger partial charge in [0.05, 0.1) is 5.56 Å². The van der Waals surface area contributed by atoms with Crippen LogP contribution >= 0.6 is 15.9 Å². The van der Waals surface area contributed by atoms with E-state index in [1.807, 2.05) is 19.1 Å². The monoisotopic (exact) mass is 446 g/mol. The number of rotatable bonds is 5. The molecular formula is C21H23BrN2O4. The first kappa shape index (κ1) is 21.6. The van der Waals surface area contributed by atoms with Gasteiger partial charge in [0.25, 0.3) is 5.91 Å². The van der Waals surface area contributed by atoms with Crippen molar-refractivity contribution in [1.82, 2.24) is 0 Å². The number of ether oxygens (including phenoxy) is 1. The average Bonchev–Trinajstić information content (AvgIpc) is 2.61. The van der Waals surface area contributed by atoms with E-state index in [2.05, 4.69) is 26.6 Å². The van der Waals surface area contributed by atoms with Crippen LogP contribution in [0.5, 0.6) is 0 Å². The van der Waals surface area contributed by atoms with Gasteiger partial charge < -0.3 is 15.4 Å². The van der Waals surface area contributed by atoms with Gasteiger partial charge in [-0.1, -0.05) is 42.8 Å². The maximum atomic E-state index is 12.2. The molecule has 0 atom stereocenters. The van der Waals surface area contributed by atoms with Crippen LogP contribution in [0.4, 0.5) is 11.4 Å². The molecule has 0 aliphatic heterocycles. The molecule has 2 aromatic rings. The molecule has 0 aliphatic rings. The summed E-state index contributed by atoms with van der Waals surface area (Å²) in [4.78, 5) is 36.3. The minimum absolute atomic E-state index is 0.165. The normalized spacial score (nSPS) is 10.9. The molecule has 0 heterocycles. The summed E-state index contributed by atoms with van der Waals surface area (Å²) in [5, 5.41) is 5.46. The van der Waals surface area contributed by atoms with E-state index < -0.39 is 23.9 Å². The number of benzene rings is 2. The smallest absolute Gasteiger partial charge is 0.338 e. The second-order valence-electron chi connectivity index (χ2n) is 7.37. The Balaban J connectivity index is 1.94. The first-order valence-electron chi connectivity index (χ1n) is 8.71. The van der Waals surface area contributed by atoms with E-state index >= 15 is 0 Å². The van der Waals surface area contributed by atoms with Crippen LogP contribution in [0.3, 0.4) is 0 Å². The van der Waals surface area contributed by atoms with Gasteiger partial charge in [-0.3, -0.25) is 9.59 Å². The SMILES string of the molecule is Cc1cc(Br)ccc1NC(=O)COC(=O)c1cccc(NC(=O)C(C)(C)C)c1. The predicted octanol–water partition coefficient (Wildman–Crippen LogP) is 4.54. The van der Waals surface area contributed by atoms with Crippen molar-refractivity contribution in [2.75, 3.05) is 17.2 Å². The molecule has 148 valence electrons. The zero-order valence-electron chi connectivity index (χ0n) is 16.3. The number of halogens is 1. The van der Waals surface area contributed by atoms with Gasteiger partial charge in [-0.2, -0.15) is 0 Å². The van der Waals surface area contributed by atoms with Crippen molar-refractivity contribution < 1.29 is 19.1 Å². The molecule has 2 rings (SSSR count). The quantitative estimate of drug-likeness (QED) is 0.660. The summed E-state index contributed by atoms with van der Waals surface area (Å²) in [7, 11) is 0. The molecule has 0 saturated carbocycles. The molecule has 0 aromatic heterocycles. The number of carbonyl (C=O) groups is 3. The van der Waals surface area contributed by atoms with Crippen molar-refractivity contribution in [1.29, 1.82) is 0 Å². The molecule has 7 heteroatoms. The highest BCUT2D eigenvalue weighted by Gasteiger charge is 2.21. The highest BCUT2D eigenvalue weighted by atomic mass is 79.9. The van der Waals surface area contributed by atoms with Crippen LogP contribution in [-0.2, 0) is 14.3 Å². The molecule has 0 unspecified atom stereocenters. The first-order chi connectivity index (χ1) is 13.1. The number of carbonyl (C=O) groups excluding carboxylic acids is 3. The van der Waals surface area contributed by atoms with Gasteiger partial charge in [0.1, 0.15) is 0 Å². The highest BCUT2D eigenvalue weighted by molar-refractivity contribution is 9.10. The van der Waals surface area contributed by atoms with Crippen LogP contribution in [-0.4, -0.2) is 24.4 Å². The summed E-state index contributed by atoms with van der Waals surface area (Å²) in [6.45, 7) is 6.85. The predicted molar refractivity (Wildman–Crippen MR) is 112 cm³/mol. The Morgan fingerprint density at radius 1 is 1.04 bits per heavy atom. The largest absolute Gasteiger partial charge is 0.452 e. The van der Waals surface area contributed by atoms with E-state index in [0.717, 1.165) is 10.0 Å². The van der Waals surface area contributed by atoms with Gasteiger partial charge in [-0.05, 0) is 48.9 Å². The molecule has 0 saturated heterocycles. The minimum Gasteiger partial charge on any atom is -0.452 e. The maximum Gasteiger partial charge on any atom is 0.338 e. The first-order valence-corrected chi connectivity index (χ1v) is 9.50. The number of hydrogen-bond donors (Lipinski definition) is 2. The fraction of sp³-hybridized carbons (Fsp3) is 0.286. The van der Waals surface area contributed by atoms with Crippen LogP contribution < -0.4 is 10.6 Å². The Morgan fingerprint density at radius 3 is 2.39 bits per heavy atom. The molecule has 2 amide bonds. The Bertz CT molecular complexity index is 904. The topological polar surface area (TPSA) is 84.5 Å². The zero-order valence-corrected chi connectivity index (χ0v) is 17.8. The molecule has 6 nitrogen and oxygen atoms in total. The van der Waals surface area contributed by atoms with E-state index in [1.54, 1.807) is 45.0 Å². The Morgan fingerprint density at radius 2 is 1.75 bits per heavy atom. The Kier molecular flexibility index (Phi) is 6.96. The Labute approximate surface area is 172 Å². The fourth-order valence-corrected chi connectivity index (χ4v) is 2.69. The van der Waals surface area contributed by atoms with E-state index in [9.17, 15) is 14.4 Å².